The highest BCUT2D eigenvalue weighted by atomic mass is 16.5. The fourth-order valence-corrected chi connectivity index (χ4v) is 1.59. The van der Waals surface area contributed by atoms with E-state index in [0.717, 1.165) is 31.9 Å². The molecule has 0 spiro atoms. The summed E-state index contributed by atoms with van der Waals surface area (Å²) >= 11 is 0. The monoisotopic (exact) mass is 249 g/mol. The molecule has 0 saturated carbocycles. The second-order valence-corrected chi connectivity index (χ2v) is 5.61. The highest BCUT2D eigenvalue weighted by molar-refractivity contribution is 5.27. The molecule has 1 aromatic rings. The molecule has 0 saturated heterocycles. The summed E-state index contributed by atoms with van der Waals surface area (Å²) in [6.45, 7) is 11.7. The largest absolute Gasteiger partial charge is 0.494 e. The Morgan fingerprint density at radius 2 is 1.78 bits per heavy atom. The molecule has 18 heavy (non-hydrogen) atoms. The molecule has 0 aromatic heterocycles. The molecule has 0 aliphatic heterocycles. The van der Waals surface area contributed by atoms with Gasteiger partial charge in [0.15, 0.2) is 0 Å². The van der Waals surface area contributed by atoms with Gasteiger partial charge in [-0.1, -0.05) is 39.8 Å². The number of nitrogens with one attached hydrogen (secondary N) is 1. The summed E-state index contributed by atoms with van der Waals surface area (Å²) < 4.78 is 5.57. The van der Waals surface area contributed by atoms with Gasteiger partial charge in [-0.3, -0.25) is 0 Å². The van der Waals surface area contributed by atoms with E-state index in [1.165, 1.54) is 12.0 Å². The standard InChI is InChI=1S/C16H27NO/c1-5-11-18-15-9-7-14(8-10-15)12-17-13-16(3,4)6-2/h7-10,17H,5-6,11-13H2,1-4H3. The van der Waals surface area contributed by atoms with E-state index in [4.69, 9.17) is 4.74 Å². The highest BCUT2D eigenvalue weighted by Gasteiger charge is 2.13. The van der Waals surface area contributed by atoms with E-state index < -0.39 is 0 Å². The van der Waals surface area contributed by atoms with Crippen molar-refractivity contribution in [1.29, 1.82) is 0 Å². The normalized spacial score (nSPS) is 11.6. The fraction of sp³-hybridized carbons (Fsp3) is 0.625. The molecule has 1 N–H and O–H groups in total. The molecule has 0 amide bonds. The number of hydrogen-bond acceptors (Lipinski definition) is 2. The van der Waals surface area contributed by atoms with Crippen LogP contribution in [0.3, 0.4) is 0 Å². The van der Waals surface area contributed by atoms with E-state index in [0.29, 0.717) is 5.41 Å². The van der Waals surface area contributed by atoms with Crippen molar-refractivity contribution < 1.29 is 4.74 Å². The van der Waals surface area contributed by atoms with E-state index in [-0.39, 0.29) is 0 Å². The Hall–Kier alpha value is -1.02. The van der Waals surface area contributed by atoms with Crippen molar-refractivity contribution in [3.8, 4) is 5.75 Å². The van der Waals surface area contributed by atoms with Crippen molar-refractivity contribution in [3.63, 3.8) is 0 Å². The van der Waals surface area contributed by atoms with Gasteiger partial charge in [0, 0.05) is 13.1 Å². The zero-order chi connectivity index (χ0) is 13.4. The zero-order valence-electron chi connectivity index (χ0n) is 12.3. The Balaban J connectivity index is 2.35. The highest BCUT2D eigenvalue weighted by Crippen LogP contribution is 2.18. The zero-order valence-corrected chi connectivity index (χ0v) is 12.3. The number of ether oxygens (including phenoxy) is 1. The quantitative estimate of drug-likeness (QED) is 0.752. The first-order valence-corrected chi connectivity index (χ1v) is 7.00. The average molecular weight is 249 g/mol. The van der Waals surface area contributed by atoms with Crippen LogP contribution in [0, 0.1) is 5.41 Å². The Kier molecular flexibility index (Phi) is 6.20. The van der Waals surface area contributed by atoms with Crippen LogP contribution in [-0.2, 0) is 6.54 Å². The van der Waals surface area contributed by atoms with Crippen LogP contribution in [0.25, 0.3) is 0 Å². The van der Waals surface area contributed by atoms with E-state index in [9.17, 15) is 0 Å². The molecule has 2 nitrogen and oxygen atoms in total. The fourth-order valence-electron chi connectivity index (χ4n) is 1.59. The van der Waals surface area contributed by atoms with Gasteiger partial charge in [0.1, 0.15) is 5.75 Å². The molecule has 0 unspecified atom stereocenters. The lowest BCUT2D eigenvalue weighted by Gasteiger charge is -2.23. The molecule has 0 atom stereocenters. The van der Waals surface area contributed by atoms with Gasteiger partial charge in [0.2, 0.25) is 0 Å². The van der Waals surface area contributed by atoms with Crippen molar-refractivity contribution in [2.45, 2.75) is 47.1 Å². The van der Waals surface area contributed by atoms with Crippen LogP contribution >= 0.6 is 0 Å². The van der Waals surface area contributed by atoms with Gasteiger partial charge >= 0.3 is 0 Å². The van der Waals surface area contributed by atoms with E-state index in [1.54, 1.807) is 0 Å². The van der Waals surface area contributed by atoms with Gasteiger partial charge in [-0.05, 0) is 36.0 Å². The average Bonchev–Trinajstić information content (AvgIpc) is 2.38. The predicted octanol–water partition coefficient (Wildman–Crippen LogP) is 4.00. The maximum Gasteiger partial charge on any atom is 0.119 e. The van der Waals surface area contributed by atoms with Gasteiger partial charge in [-0.2, -0.15) is 0 Å². The summed E-state index contributed by atoms with van der Waals surface area (Å²) in [5.41, 5.74) is 1.69. The Morgan fingerprint density at radius 3 is 2.33 bits per heavy atom. The third-order valence-electron chi connectivity index (χ3n) is 3.29. The van der Waals surface area contributed by atoms with E-state index in [1.807, 2.05) is 0 Å². The molecule has 0 fully saturated rings. The smallest absolute Gasteiger partial charge is 0.119 e. The Morgan fingerprint density at radius 1 is 1.11 bits per heavy atom. The SMILES string of the molecule is CCCOc1ccc(CNCC(C)(C)CC)cc1. The Labute approximate surface area is 112 Å². The van der Waals surface area contributed by atoms with Crippen molar-refractivity contribution in [3.05, 3.63) is 29.8 Å². The molecule has 0 heterocycles. The summed E-state index contributed by atoms with van der Waals surface area (Å²) in [5, 5.41) is 3.51. The first kappa shape index (κ1) is 15.0. The molecular formula is C16H27NO. The summed E-state index contributed by atoms with van der Waals surface area (Å²) in [7, 11) is 0. The summed E-state index contributed by atoms with van der Waals surface area (Å²) in [4.78, 5) is 0. The van der Waals surface area contributed by atoms with Crippen LogP contribution in [0.2, 0.25) is 0 Å². The first-order chi connectivity index (χ1) is 8.57. The van der Waals surface area contributed by atoms with Crippen molar-refractivity contribution in [2.24, 2.45) is 5.41 Å². The first-order valence-electron chi connectivity index (χ1n) is 7.00. The van der Waals surface area contributed by atoms with Gasteiger partial charge in [0.05, 0.1) is 6.61 Å². The number of rotatable bonds is 8. The van der Waals surface area contributed by atoms with Gasteiger partial charge in [-0.25, -0.2) is 0 Å². The molecule has 0 bridgehead atoms. The lowest BCUT2D eigenvalue weighted by Crippen LogP contribution is -2.28. The summed E-state index contributed by atoms with van der Waals surface area (Å²) in [5.74, 6) is 0.967. The topological polar surface area (TPSA) is 21.3 Å². The molecule has 1 rings (SSSR count). The van der Waals surface area contributed by atoms with Crippen LogP contribution in [0.5, 0.6) is 5.75 Å². The van der Waals surface area contributed by atoms with Crippen molar-refractivity contribution >= 4 is 0 Å². The van der Waals surface area contributed by atoms with Crippen LogP contribution < -0.4 is 10.1 Å². The predicted molar refractivity (Wildman–Crippen MR) is 78.0 cm³/mol. The minimum absolute atomic E-state index is 0.379. The lowest BCUT2D eigenvalue weighted by molar-refractivity contribution is 0.317. The van der Waals surface area contributed by atoms with Crippen LogP contribution in [0.1, 0.15) is 46.1 Å². The number of benzene rings is 1. The minimum Gasteiger partial charge on any atom is -0.494 e. The van der Waals surface area contributed by atoms with Gasteiger partial charge in [0.25, 0.3) is 0 Å². The van der Waals surface area contributed by atoms with Crippen molar-refractivity contribution in [2.75, 3.05) is 13.2 Å². The van der Waals surface area contributed by atoms with E-state index >= 15 is 0 Å². The molecule has 2 heteroatoms. The molecule has 1 aromatic carbocycles. The van der Waals surface area contributed by atoms with Gasteiger partial charge < -0.3 is 10.1 Å². The Bertz CT molecular complexity index is 329. The van der Waals surface area contributed by atoms with Crippen LogP contribution in [0.15, 0.2) is 24.3 Å². The molecule has 102 valence electrons. The maximum absolute atomic E-state index is 5.57. The third-order valence-corrected chi connectivity index (χ3v) is 3.29. The van der Waals surface area contributed by atoms with E-state index in [2.05, 4.69) is 57.3 Å². The number of hydrogen-bond donors (Lipinski definition) is 1. The molecule has 0 aliphatic carbocycles. The second-order valence-electron chi connectivity index (χ2n) is 5.61. The summed E-state index contributed by atoms with van der Waals surface area (Å²) in [6, 6.07) is 8.38. The molecular weight excluding hydrogens is 222 g/mol. The maximum atomic E-state index is 5.57. The molecule has 0 radical (unpaired) electrons. The third kappa shape index (κ3) is 5.54. The van der Waals surface area contributed by atoms with Gasteiger partial charge in [-0.15, -0.1) is 0 Å². The molecule has 0 aliphatic rings. The summed E-state index contributed by atoms with van der Waals surface area (Å²) in [6.07, 6.45) is 2.25. The second kappa shape index (κ2) is 7.42. The lowest BCUT2D eigenvalue weighted by atomic mass is 9.90. The minimum atomic E-state index is 0.379. The van der Waals surface area contributed by atoms with Crippen LogP contribution in [-0.4, -0.2) is 13.2 Å². The van der Waals surface area contributed by atoms with Crippen molar-refractivity contribution in [1.82, 2.24) is 5.32 Å². The van der Waals surface area contributed by atoms with Crippen LogP contribution in [0.4, 0.5) is 0 Å².